The lowest BCUT2D eigenvalue weighted by molar-refractivity contribution is 0.0977. The topological polar surface area (TPSA) is 35.5 Å². The van der Waals surface area contributed by atoms with E-state index >= 15 is 0 Å². The van der Waals surface area contributed by atoms with Crippen molar-refractivity contribution in [3.63, 3.8) is 0 Å². The van der Waals surface area contributed by atoms with Crippen LogP contribution in [-0.2, 0) is 15.6 Å². The van der Waals surface area contributed by atoms with Gasteiger partial charge in [-0.15, -0.1) is 0 Å². The van der Waals surface area contributed by atoms with Crippen LogP contribution in [0.15, 0.2) is 18.2 Å². The zero-order valence-corrected chi connectivity index (χ0v) is 15.1. The Morgan fingerprint density at radius 3 is 1.86 bits per heavy atom. The van der Waals surface area contributed by atoms with E-state index in [1.54, 1.807) is 0 Å². The predicted octanol–water partition coefficient (Wildman–Crippen LogP) is 5.60. The Hall–Kier alpha value is -1.51. The van der Waals surface area contributed by atoms with Gasteiger partial charge in [-0.25, -0.2) is 4.79 Å². The van der Waals surface area contributed by atoms with Crippen LogP contribution < -0.4 is 4.74 Å². The van der Waals surface area contributed by atoms with Gasteiger partial charge < -0.3 is 9.47 Å². The maximum absolute atomic E-state index is 11.8. The normalized spacial score (nSPS) is 12.1. The molecule has 1 rings (SSSR count). The van der Waals surface area contributed by atoms with Crippen molar-refractivity contribution in [1.29, 1.82) is 0 Å². The first-order valence-corrected chi connectivity index (χ1v) is 8.04. The average Bonchev–Trinajstić information content (AvgIpc) is 2.36. The molecule has 3 nitrogen and oxygen atoms in total. The molecule has 0 heterocycles. The highest BCUT2D eigenvalue weighted by molar-refractivity contribution is 5.64. The molecule has 1 aromatic rings. The third-order valence-electron chi connectivity index (χ3n) is 3.56. The minimum Gasteiger partial charge on any atom is -0.434 e. The lowest BCUT2D eigenvalue weighted by atomic mass is 9.80. The summed E-state index contributed by atoms with van der Waals surface area (Å²) in [7, 11) is 0. The van der Waals surface area contributed by atoms with Crippen molar-refractivity contribution in [3.05, 3.63) is 29.3 Å². The number of carbonyl (C=O) groups is 1. The van der Waals surface area contributed by atoms with E-state index in [2.05, 4.69) is 54.5 Å². The molecule has 3 heteroatoms. The molecule has 0 saturated heterocycles. The summed E-state index contributed by atoms with van der Waals surface area (Å²) in [6.07, 6.45) is 1.21. The fraction of sp³-hybridized carbons (Fsp3) is 0.632. The molecule has 0 saturated carbocycles. The maximum Gasteiger partial charge on any atom is 0.513 e. The molecule has 22 heavy (non-hydrogen) atoms. The summed E-state index contributed by atoms with van der Waals surface area (Å²) < 4.78 is 10.4. The molecule has 0 bridgehead atoms. The Morgan fingerprint density at radius 2 is 1.45 bits per heavy atom. The molecular formula is C19H30O3. The SMILES string of the molecule is CCCCOC(=O)Oc1cc(C(C)(C)C)cc(C(C)(C)C)c1. The van der Waals surface area contributed by atoms with Crippen LogP contribution in [0.2, 0.25) is 0 Å². The number of ether oxygens (including phenoxy) is 2. The fourth-order valence-electron chi connectivity index (χ4n) is 1.95. The van der Waals surface area contributed by atoms with Crippen molar-refractivity contribution in [1.82, 2.24) is 0 Å². The van der Waals surface area contributed by atoms with Gasteiger partial charge in [-0.3, -0.25) is 0 Å². The summed E-state index contributed by atoms with van der Waals surface area (Å²) in [6.45, 7) is 15.4. The second-order valence-corrected chi connectivity index (χ2v) is 7.80. The fourth-order valence-corrected chi connectivity index (χ4v) is 1.95. The first kappa shape index (κ1) is 18.5. The third-order valence-corrected chi connectivity index (χ3v) is 3.56. The maximum atomic E-state index is 11.8. The highest BCUT2D eigenvalue weighted by Crippen LogP contribution is 2.33. The van der Waals surface area contributed by atoms with Crippen molar-refractivity contribution in [2.75, 3.05) is 6.61 Å². The zero-order chi connectivity index (χ0) is 17.0. The van der Waals surface area contributed by atoms with Crippen LogP contribution in [-0.4, -0.2) is 12.8 Å². The Morgan fingerprint density at radius 1 is 0.955 bits per heavy atom. The number of unbranched alkanes of at least 4 members (excludes halogenated alkanes) is 1. The number of benzene rings is 1. The van der Waals surface area contributed by atoms with Crippen LogP contribution in [0.4, 0.5) is 4.79 Å². The van der Waals surface area contributed by atoms with E-state index in [4.69, 9.17) is 9.47 Å². The third kappa shape index (κ3) is 5.70. The Bertz CT molecular complexity index is 472. The van der Waals surface area contributed by atoms with E-state index in [9.17, 15) is 4.79 Å². The van der Waals surface area contributed by atoms with E-state index in [0.29, 0.717) is 12.4 Å². The molecule has 0 fully saturated rings. The molecule has 0 spiro atoms. The van der Waals surface area contributed by atoms with Crippen LogP contribution in [0.3, 0.4) is 0 Å². The first-order chi connectivity index (χ1) is 10.0. The summed E-state index contributed by atoms with van der Waals surface area (Å²) in [5.41, 5.74) is 2.28. The van der Waals surface area contributed by atoms with E-state index in [0.717, 1.165) is 24.0 Å². The van der Waals surface area contributed by atoms with Crippen molar-refractivity contribution >= 4 is 6.16 Å². The average molecular weight is 306 g/mol. The Labute approximate surface area is 135 Å². The number of rotatable bonds is 4. The second-order valence-electron chi connectivity index (χ2n) is 7.80. The second kappa shape index (κ2) is 7.17. The molecule has 0 aromatic heterocycles. The molecule has 0 amide bonds. The van der Waals surface area contributed by atoms with E-state index < -0.39 is 6.16 Å². The first-order valence-electron chi connectivity index (χ1n) is 8.04. The van der Waals surface area contributed by atoms with E-state index in [-0.39, 0.29) is 10.8 Å². The van der Waals surface area contributed by atoms with Crippen LogP contribution in [0.1, 0.15) is 72.4 Å². The molecule has 1 aromatic carbocycles. The highest BCUT2D eigenvalue weighted by Gasteiger charge is 2.21. The van der Waals surface area contributed by atoms with Gasteiger partial charge in [0.25, 0.3) is 0 Å². The van der Waals surface area contributed by atoms with Gasteiger partial charge >= 0.3 is 6.16 Å². The molecule has 0 aliphatic heterocycles. The Kier molecular flexibility index (Phi) is 6.04. The molecule has 0 unspecified atom stereocenters. The van der Waals surface area contributed by atoms with Crippen molar-refractivity contribution in [3.8, 4) is 5.75 Å². The minimum atomic E-state index is -0.626. The van der Waals surface area contributed by atoms with Gasteiger partial charge in [-0.05, 0) is 40.5 Å². The quantitative estimate of drug-likeness (QED) is 0.413. The van der Waals surface area contributed by atoms with Gasteiger partial charge in [0.15, 0.2) is 0 Å². The smallest absolute Gasteiger partial charge is 0.434 e. The van der Waals surface area contributed by atoms with Gasteiger partial charge in [0.05, 0.1) is 6.61 Å². The standard InChI is InChI=1S/C19H30O3/c1-8-9-10-21-17(20)22-16-12-14(18(2,3)4)11-15(13-16)19(5,6)7/h11-13H,8-10H2,1-7H3. The Balaban J connectivity index is 3.01. The summed E-state index contributed by atoms with van der Waals surface area (Å²) >= 11 is 0. The number of hydrogen-bond donors (Lipinski definition) is 0. The summed E-state index contributed by atoms with van der Waals surface area (Å²) in [4.78, 5) is 11.8. The van der Waals surface area contributed by atoms with Crippen LogP contribution in [0.25, 0.3) is 0 Å². The molecule has 124 valence electrons. The lowest BCUT2D eigenvalue weighted by Gasteiger charge is -2.25. The van der Waals surface area contributed by atoms with E-state index in [1.807, 2.05) is 12.1 Å². The zero-order valence-electron chi connectivity index (χ0n) is 15.1. The summed E-state index contributed by atoms with van der Waals surface area (Å²) in [6, 6.07) is 6.04. The molecule has 0 aliphatic rings. The molecule has 0 radical (unpaired) electrons. The van der Waals surface area contributed by atoms with Crippen molar-refractivity contribution < 1.29 is 14.3 Å². The molecule has 0 atom stereocenters. The van der Waals surface area contributed by atoms with Gasteiger partial charge in [0.1, 0.15) is 5.75 Å². The number of carbonyl (C=O) groups excluding carboxylic acids is 1. The summed E-state index contributed by atoms with van der Waals surface area (Å²) in [5.74, 6) is 0.554. The van der Waals surface area contributed by atoms with Gasteiger partial charge in [0.2, 0.25) is 0 Å². The van der Waals surface area contributed by atoms with Crippen molar-refractivity contribution in [2.24, 2.45) is 0 Å². The summed E-state index contributed by atoms with van der Waals surface area (Å²) in [5, 5.41) is 0. The van der Waals surface area contributed by atoms with Crippen LogP contribution in [0, 0.1) is 0 Å². The minimum absolute atomic E-state index is 0.00845. The molecular weight excluding hydrogens is 276 g/mol. The lowest BCUT2D eigenvalue weighted by Crippen LogP contribution is -2.18. The number of hydrogen-bond acceptors (Lipinski definition) is 3. The van der Waals surface area contributed by atoms with Gasteiger partial charge in [-0.2, -0.15) is 0 Å². The van der Waals surface area contributed by atoms with E-state index in [1.165, 1.54) is 0 Å². The van der Waals surface area contributed by atoms with Crippen molar-refractivity contribution in [2.45, 2.75) is 72.1 Å². The molecule has 0 N–H and O–H groups in total. The highest BCUT2D eigenvalue weighted by atomic mass is 16.7. The predicted molar refractivity (Wildman–Crippen MR) is 90.7 cm³/mol. The van der Waals surface area contributed by atoms with Gasteiger partial charge in [0, 0.05) is 0 Å². The van der Waals surface area contributed by atoms with Gasteiger partial charge in [-0.1, -0.05) is 61.0 Å². The van der Waals surface area contributed by atoms with Crippen LogP contribution >= 0.6 is 0 Å². The molecule has 0 aliphatic carbocycles. The monoisotopic (exact) mass is 306 g/mol. The largest absolute Gasteiger partial charge is 0.513 e. The van der Waals surface area contributed by atoms with Crippen LogP contribution in [0.5, 0.6) is 5.75 Å².